The molecule has 1 aliphatic rings. The molecule has 3 aromatic rings. The average molecular weight is 472 g/mol. The zero-order valence-electron chi connectivity index (χ0n) is 19.9. The highest BCUT2D eigenvalue weighted by Gasteiger charge is 2.26. The van der Waals surface area contributed by atoms with Crippen molar-refractivity contribution in [3.8, 4) is 11.5 Å². The van der Waals surface area contributed by atoms with E-state index < -0.39 is 0 Å². The van der Waals surface area contributed by atoms with Crippen LogP contribution in [0.15, 0.2) is 84.9 Å². The summed E-state index contributed by atoms with van der Waals surface area (Å²) in [4.78, 5) is 17.1. The summed E-state index contributed by atoms with van der Waals surface area (Å²) in [7, 11) is 0. The molecule has 0 saturated carbocycles. The van der Waals surface area contributed by atoms with Crippen LogP contribution in [-0.4, -0.2) is 65.2 Å². The number of hydrogen-bond acceptors (Lipinski definition) is 5. The van der Waals surface area contributed by atoms with Crippen molar-refractivity contribution in [1.82, 2.24) is 15.1 Å². The lowest BCUT2D eigenvalue weighted by atomic mass is 9.96. The number of rotatable bonds is 9. The summed E-state index contributed by atoms with van der Waals surface area (Å²) in [6.45, 7) is 5.58. The Balaban J connectivity index is 1.21. The van der Waals surface area contributed by atoms with Crippen LogP contribution < -0.4 is 5.32 Å². The van der Waals surface area contributed by atoms with Crippen molar-refractivity contribution in [3.05, 3.63) is 102 Å². The summed E-state index contributed by atoms with van der Waals surface area (Å²) < 4.78 is 0. The molecule has 0 spiro atoms. The number of piperazine rings is 1. The topological polar surface area (TPSA) is 76.0 Å². The minimum absolute atomic E-state index is 0.170. The molecule has 1 aliphatic heterocycles. The van der Waals surface area contributed by atoms with Crippen molar-refractivity contribution >= 4 is 12.0 Å². The molecule has 35 heavy (non-hydrogen) atoms. The number of hydrogen-bond donors (Lipinski definition) is 3. The molecule has 1 heterocycles. The summed E-state index contributed by atoms with van der Waals surface area (Å²) in [6, 6.07) is 26.1. The Bertz CT molecular complexity index is 1070. The molecule has 3 N–H and O–H groups in total. The van der Waals surface area contributed by atoms with Gasteiger partial charge in [0.1, 0.15) is 0 Å². The molecule has 0 aliphatic carbocycles. The monoisotopic (exact) mass is 471 g/mol. The van der Waals surface area contributed by atoms with Crippen molar-refractivity contribution in [3.63, 3.8) is 0 Å². The van der Waals surface area contributed by atoms with E-state index in [2.05, 4.69) is 75.8 Å². The van der Waals surface area contributed by atoms with E-state index in [1.807, 2.05) is 0 Å². The fourth-order valence-electron chi connectivity index (χ4n) is 4.52. The first kappa shape index (κ1) is 24.5. The van der Waals surface area contributed by atoms with Crippen LogP contribution >= 0.6 is 0 Å². The van der Waals surface area contributed by atoms with Gasteiger partial charge in [-0.25, -0.2) is 0 Å². The molecule has 4 rings (SSSR count). The molecule has 6 nitrogen and oxygen atoms in total. The van der Waals surface area contributed by atoms with E-state index in [1.165, 1.54) is 29.3 Å². The van der Waals surface area contributed by atoms with Crippen LogP contribution in [0.25, 0.3) is 6.08 Å². The fourth-order valence-corrected chi connectivity index (χ4v) is 4.52. The van der Waals surface area contributed by atoms with Crippen molar-refractivity contribution in [2.24, 2.45) is 0 Å². The highest BCUT2D eigenvalue weighted by molar-refractivity contribution is 5.91. The lowest BCUT2D eigenvalue weighted by Gasteiger charge is -2.39. The van der Waals surface area contributed by atoms with Gasteiger partial charge >= 0.3 is 0 Å². The van der Waals surface area contributed by atoms with E-state index in [4.69, 9.17) is 0 Å². The van der Waals surface area contributed by atoms with E-state index >= 15 is 0 Å². The normalized spacial score (nSPS) is 15.0. The molecule has 3 aromatic carbocycles. The Labute approximate surface area is 207 Å². The molecule has 1 fully saturated rings. The van der Waals surface area contributed by atoms with Crippen LogP contribution in [0.4, 0.5) is 0 Å². The van der Waals surface area contributed by atoms with Crippen molar-refractivity contribution in [2.75, 3.05) is 39.3 Å². The quantitative estimate of drug-likeness (QED) is 0.250. The molecular weight excluding hydrogens is 438 g/mol. The van der Waals surface area contributed by atoms with Gasteiger partial charge in [-0.1, -0.05) is 66.7 Å². The summed E-state index contributed by atoms with van der Waals surface area (Å²) in [5.41, 5.74) is 3.30. The van der Waals surface area contributed by atoms with Gasteiger partial charge in [-0.05, 0) is 47.9 Å². The lowest BCUT2D eigenvalue weighted by molar-refractivity contribution is -0.116. The third kappa shape index (κ3) is 6.94. The number of phenols is 2. The Hall–Kier alpha value is -3.61. The summed E-state index contributed by atoms with van der Waals surface area (Å²) in [5.74, 6) is -0.550. The number of phenolic OH excluding ortho intramolecular Hbond substituents is 2. The molecule has 0 bridgehead atoms. The molecule has 1 amide bonds. The first-order valence-corrected chi connectivity index (χ1v) is 12.1. The van der Waals surface area contributed by atoms with Gasteiger partial charge in [-0.3, -0.25) is 9.69 Å². The van der Waals surface area contributed by atoms with Crippen LogP contribution in [0.2, 0.25) is 0 Å². The van der Waals surface area contributed by atoms with Crippen molar-refractivity contribution < 1.29 is 15.0 Å². The van der Waals surface area contributed by atoms with E-state index in [9.17, 15) is 15.0 Å². The van der Waals surface area contributed by atoms with Gasteiger partial charge < -0.3 is 20.4 Å². The average Bonchev–Trinajstić information content (AvgIpc) is 2.89. The predicted molar refractivity (Wildman–Crippen MR) is 139 cm³/mol. The molecule has 0 radical (unpaired) electrons. The first-order valence-electron chi connectivity index (χ1n) is 12.1. The standard InChI is InChI=1S/C29H33N3O3/c33-26-14-12-23(22-27(26)34)13-15-28(35)30-16-7-17-31-18-20-32(21-19-31)29(24-8-3-1-4-9-24)25-10-5-2-6-11-25/h1-6,8-15,22,29,33-34H,7,16-21H2,(H,30,35). The third-order valence-electron chi connectivity index (χ3n) is 6.38. The van der Waals surface area contributed by atoms with E-state index in [1.54, 1.807) is 12.1 Å². The molecule has 0 aromatic heterocycles. The maximum atomic E-state index is 12.1. The van der Waals surface area contributed by atoms with E-state index in [-0.39, 0.29) is 23.4 Å². The summed E-state index contributed by atoms with van der Waals surface area (Å²) >= 11 is 0. The van der Waals surface area contributed by atoms with Crippen molar-refractivity contribution in [1.29, 1.82) is 0 Å². The second kappa shape index (κ2) is 12.2. The number of nitrogens with zero attached hydrogens (tertiary/aromatic N) is 2. The number of carbonyl (C=O) groups excluding carboxylic acids is 1. The fraction of sp³-hybridized carbons (Fsp3) is 0.276. The molecular formula is C29H33N3O3. The Morgan fingerprint density at radius 3 is 2.09 bits per heavy atom. The molecule has 0 atom stereocenters. The largest absolute Gasteiger partial charge is 0.504 e. The van der Waals surface area contributed by atoms with Gasteiger partial charge in [0.2, 0.25) is 5.91 Å². The minimum Gasteiger partial charge on any atom is -0.504 e. The van der Waals surface area contributed by atoms with Crippen LogP contribution in [0.5, 0.6) is 11.5 Å². The SMILES string of the molecule is O=C(C=Cc1ccc(O)c(O)c1)NCCCN1CCN(C(c2ccccc2)c2ccccc2)CC1. The van der Waals surface area contributed by atoms with Crippen LogP contribution in [0, 0.1) is 0 Å². The Kier molecular flexibility index (Phi) is 8.54. The highest BCUT2D eigenvalue weighted by Crippen LogP contribution is 2.29. The second-order valence-corrected chi connectivity index (χ2v) is 8.83. The Morgan fingerprint density at radius 1 is 0.857 bits per heavy atom. The zero-order valence-corrected chi connectivity index (χ0v) is 19.9. The van der Waals surface area contributed by atoms with Gasteiger partial charge in [-0.15, -0.1) is 0 Å². The first-order chi connectivity index (χ1) is 17.1. The van der Waals surface area contributed by atoms with Crippen molar-refractivity contribution in [2.45, 2.75) is 12.5 Å². The van der Waals surface area contributed by atoms with Gasteiger partial charge in [0.05, 0.1) is 6.04 Å². The predicted octanol–water partition coefficient (Wildman–Crippen LogP) is 4.02. The minimum atomic E-state index is -0.202. The van der Waals surface area contributed by atoms with E-state index in [0.717, 1.165) is 39.1 Å². The number of aromatic hydroxyl groups is 2. The molecule has 1 saturated heterocycles. The van der Waals surface area contributed by atoms with Gasteiger partial charge in [0.25, 0.3) is 0 Å². The van der Waals surface area contributed by atoms with Crippen LogP contribution in [0.1, 0.15) is 29.2 Å². The highest BCUT2D eigenvalue weighted by atomic mass is 16.3. The smallest absolute Gasteiger partial charge is 0.243 e. The van der Waals surface area contributed by atoms with E-state index in [0.29, 0.717) is 12.1 Å². The van der Waals surface area contributed by atoms with Crippen LogP contribution in [-0.2, 0) is 4.79 Å². The second-order valence-electron chi connectivity index (χ2n) is 8.83. The van der Waals surface area contributed by atoms with Gasteiger partial charge in [0.15, 0.2) is 11.5 Å². The number of benzene rings is 3. The maximum absolute atomic E-state index is 12.1. The van der Waals surface area contributed by atoms with Crippen LogP contribution in [0.3, 0.4) is 0 Å². The van der Waals surface area contributed by atoms with Gasteiger partial charge in [-0.2, -0.15) is 0 Å². The zero-order chi connectivity index (χ0) is 24.5. The molecule has 0 unspecified atom stereocenters. The number of carbonyl (C=O) groups is 1. The third-order valence-corrected chi connectivity index (χ3v) is 6.38. The molecule has 182 valence electrons. The molecule has 6 heteroatoms. The summed E-state index contributed by atoms with van der Waals surface area (Å²) in [6.07, 6.45) is 3.95. The summed E-state index contributed by atoms with van der Waals surface area (Å²) in [5, 5.41) is 21.8. The number of nitrogens with one attached hydrogen (secondary N) is 1. The number of amides is 1. The van der Waals surface area contributed by atoms with Gasteiger partial charge in [0, 0.05) is 38.8 Å². The lowest BCUT2D eigenvalue weighted by Crippen LogP contribution is -2.48. The maximum Gasteiger partial charge on any atom is 0.243 e. The Morgan fingerprint density at radius 2 is 1.49 bits per heavy atom.